The lowest BCUT2D eigenvalue weighted by atomic mass is 9.96. The molecule has 2 N–H and O–H groups in total. The third-order valence-corrected chi connectivity index (χ3v) is 2.96. The molecule has 19 heavy (non-hydrogen) atoms. The molecule has 0 aromatic carbocycles. The SMILES string of the molecule is O=C(O)CCC(=O)N1C[C@@H](C(F)(F)F)[C@H](C(=O)O)C1. The molecule has 0 unspecified atom stereocenters. The lowest BCUT2D eigenvalue weighted by Gasteiger charge is -2.18. The number of carbonyl (C=O) groups is 3. The molecule has 0 spiro atoms. The zero-order valence-electron chi connectivity index (χ0n) is 9.68. The van der Waals surface area contributed by atoms with Crippen LogP contribution < -0.4 is 0 Å². The molecule has 2 atom stereocenters. The van der Waals surface area contributed by atoms with E-state index >= 15 is 0 Å². The van der Waals surface area contributed by atoms with Crippen LogP contribution in [-0.4, -0.2) is 52.2 Å². The van der Waals surface area contributed by atoms with Crippen LogP contribution in [0.1, 0.15) is 12.8 Å². The highest BCUT2D eigenvalue weighted by Gasteiger charge is 2.53. The molecule has 0 aromatic heterocycles. The molecule has 0 aromatic rings. The van der Waals surface area contributed by atoms with Gasteiger partial charge in [0.2, 0.25) is 5.91 Å². The van der Waals surface area contributed by atoms with Crippen molar-refractivity contribution in [1.29, 1.82) is 0 Å². The Labute approximate surface area is 105 Å². The van der Waals surface area contributed by atoms with Crippen LogP contribution in [0, 0.1) is 11.8 Å². The third kappa shape index (κ3) is 3.83. The summed E-state index contributed by atoms with van der Waals surface area (Å²) in [5.74, 6) is -7.45. The van der Waals surface area contributed by atoms with Crippen molar-refractivity contribution >= 4 is 17.8 Å². The van der Waals surface area contributed by atoms with Crippen LogP contribution in [-0.2, 0) is 14.4 Å². The van der Waals surface area contributed by atoms with Crippen molar-refractivity contribution in [1.82, 2.24) is 4.90 Å². The van der Waals surface area contributed by atoms with E-state index in [1.54, 1.807) is 0 Å². The van der Waals surface area contributed by atoms with Crippen LogP contribution >= 0.6 is 0 Å². The highest BCUT2D eigenvalue weighted by molar-refractivity contribution is 5.82. The van der Waals surface area contributed by atoms with Crippen LogP contribution in [0.2, 0.25) is 0 Å². The molecule has 6 nitrogen and oxygen atoms in total. The van der Waals surface area contributed by atoms with E-state index in [0.717, 1.165) is 4.90 Å². The largest absolute Gasteiger partial charge is 0.481 e. The van der Waals surface area contributed by atoms with Gasteiger partial charge in [0.05, 0.1) is 18.3 Å². The van der Waals surface area contributed by atoms with Gasteiger partial charge in [0.15, 0.2) is 0 Å². The normalized spacial score (nSPS) is 23.4. The molecule has 1 rings (SSSR count). The predicted octanol–water partition coefficient (Wildman–Crippen LogP) is 0.573. The van der Waals surface area contributed by atoms with Gasteiger partial charge in [-0.2, -0.15) is 13.2 Å². The van der Waals surface area contributed by atoms with Crippen LogP contribution in [0.5, 0.6) is 0 Å². The number of likely N-dealkylation sites (tertiary alicyclic amines) is 1. The first-order valence-electron chi connectivity index (χ1n) is 5.42. The fraction of sp³-hybridized carbons (Fsp3) is 0.700. The Bertz CT molecular complexity index is 395. The van der Waals surface area contributed by atoms with Crippen molar-refractivity contribution in [2.75, 3.05) is 13.1 Å². The highest BCUT2D eigenvalue weighted by Crippen LogP contribution is 2.37. The fourth-order valence-electron chi connectivity index (χ4n) is 1.96. The Balaban J connectivity index is 2.72. The molecule has 1 fully saturated rings. The number of aliphatic carboxylic acids is 2. The molecule has 0 bridgehead atoms. The zero-order chi connectivity index (χ0) is 14.8. The second kappa shape index (κ2) is 5.45. The van der Waals surface area contributed by atoms with Crippen LogP contribution in [0.25, 0.3) is 0 Å². The number of rotatable bonds is 4. The summed E-state index contributed by atoms with van der Waals surface area (Å²) in [4.78, 5) is 33.3. The van der Waals surface area contributed by atoms with E-state index in [4.69, 9.17) is 10.2 Å². The van der Waals surface area contributed by atoms with Gasteiger partial charge in [0.25, 0.3) is 0 Å². The van der Waals surface area contributed by atoms with Crippen molar-refractivity contribution in [3.63, 3.8) is 0 Å². The third-order valence-electron chi connectivity index (χ3n) is 2.96. The first kappa shape index (κ1) is 15.3. The van der Waals surface area contributed by atoms with E-state index in [2.05, 4.69) is 0 Å². The molecule has 1 heterocycles. The number of carboxylic acid groups (broad SMARTS) is 2. The van der Waals surface area contributed by atoms with Crippen molar-refractivity contribution in [2.24, 2.45) is 11.8 Å². The first-order valence-corrected chi connectivity index (χ1v) is 5.42. The number of nitrogens with zero attached hydrogens (tertiary/aromatic N) is 1. The predicted molar refractivity (Wildman–Crippen MR) is 54.1 cm³/mol. The molecule has 1 aliphatic rings. The Morgan fingerprint density at radius 1 is 1.11 bits per heavy atom. The van der Waals surface area contributed by atoms with Crippen molar-refractivity contribution in [3.8, 4) is 0 Å². The van der Waals surface area contributed by atoms with Gasteiger partial charge in [-0.3, -0.25) is 14.4 Å². The summed E-state index contributed by atoms with van der Waals surface area (Å²) in [5, 5.41) is 17.1. The van der Waals surface area contributed by atoms with Crippen molar-refractivity contribution in [3.05, 3.63) is 0 Å². The standard InChI is InChI=1S/C10H12F3NO5/c11-10(12,13)6-4-14(3-5(6)9(18)19)7(15)1-2-8(16)17/h5-6H,1-4H2,(H,16,17)(H,18,19)/t5-,6-/m1/s1. The molecule has 1 saturated heterocycles. The number of carbonyl (C=O) groups excluding carboxylic acids is 1. The summed E-state index contributed by atoms with van der Waals surface area (Å²) < 4.78 is 37.9. The summed E-state index contributed by atoms with van der Waals surface area (Å²) in [6.07, 6.45) is -5.64. The lowest BCUT2D eigenvalue weighted by Crippen LogP contribution is -2.34. The van der Waals surface area contributed by atoms with E-state index < -0.39 is 61.8 Å². The maximum atomic E-state index is 12.6. The van der Waals surface area contributed by atoms with E-state index in [-0.39, 0.29) is 0 Å². The molecule has 1 aliphatic heterocycles. The molecule has 1 amide bonds. The number of hydrogen-bond donors (Lipinski definition) is 2. The first-order chi connectivity index (χ1) is 8.62. The molecule has 0 radical (unpaired) electrons. The maximum Gasteiger partial charge on any atom is 0.394 e. The molecule has 108 valence electrons. The molecular formula is C10H12F3NO5. The van der Waals surface area contributed by atoms with Gasteiger partial charge in [-0.1, -0.05) is 0 Å². The van der Waals surface area contributed by atoms with Gasteiger partial charge >= 0.3 is 18.1 Å². The van der Waals surface area contributed by atoms with Crippen LogP contribution in [0.3, 0.4) is 0 Å². The minimum absolute atomic E-state index is 0.438. The Morgan fingerprint density at radius 2 is 1.68 bits per heavy atom. The molecule has 9 heteroatoms. The molecule has 0 saturated carbocycles. The number of carboxylic acids is 2. The number of hydrogen-bond acceptors (Lipinski definition) is 3. The zero-order valence-corrected chi connectivity index (χ0v) is 9.68. The van der Waals surface area contributed by atoms with Crippen LogP contribution in [0.4, 0.5) is 13.2 Å². The summed E-state index contributed by atoms with van der Waals surface area (Å²) >= 11 is 0. The van der Waals surface area contributed by atoms with E-state index in [9.17, 15) is 27.6 Å². The average Bonchev–Trinajstić information content (AvgIpc) is 2.70. The van der Waals surface area contributed by atoms with Gasteiger partial charge in [-0.15, -0.1) is 0 Å². The minimum atomic E-state index is -4.70. The van der Waals surface area contributed by atoms with Crippen molar-refractivity contribution in [2.45, 2.75) is 19.0 Å². The van der Waals surface area contributed by atoms with E-state index in [0.29, 0.717) is 0 Å². The Morgan fingerprint density at radius 3 is 2.05 bits per heavy atom. The van der Waals surface area contributed by atoms with E-state index in [1.807, 2.05) is 0 Å². The Kier molecular flexibility index (Phi) is 4.38. The van der Waals surface area contributed by atoms with Gasteiger partial charge in [-0.25, -0.2) is 0 Å². The van der Waals surface area contributed by atoms with Crippen LogP contribution in [0.15, 0.2) is 0 Å². The van der Waals surface area contributed by atoms with Gasteiger partial charge < -0.3 is 15.1 Å². The van der Waals surface area contributed by atoms with E-state index in [1.165, 1.54) is 0 Å². The molecular weight excluding hydrogens is 271 g/mol. The summed E-state index contributed by atoms with van der Waals surface area (Å²) in [6, 6.07) is 0. The summed E-state index contributed by atoms with van der Waals surface area (Å²) in [7, 11) is 0. The Hall–Kier alpha value is -1.80. The minimum Gasteiger partial charge on any atom is -0.481 e. The summed E-state index contributed by atoms with van der Waals surface area (Å²) in [5.41, 5.74) is 0. The fourth-order valence-corrected chi connectivity index (χ4v) is 1.96. The average molecular weight is 283 g/mol. The smallest absolute Gasteiger partial charge is 0.394 e. The topological polar surface area (TPSA) is 94.9 Å². The second-order valence-electron chi connectivity index (χ2n) is 4.29. The molecule has 0 aliphatic carbocycles. The lowest BCUT2D eigenvalue weighted by molar-refractivity contribution is -0.188. The van der Waals surface area contributed by atoms with Crippen molar-refractivity contribution < 1.29 is 37.8 Å². The van der Waals surface area contributed by atoms with Gasteiger partial charge in [0, 0.05) is 19.5 Å². The van der Waals surface area contributed by atoms with Gasteiger partial charge in [-0.05, 0) is 0 Å². The monoisotopic (exact) mass is 283 g/mol. The number of amides is 1. The highest BCUT2D eigenvalue weighted by atomic mass is 19.4. The second-order valence-corrected chi connectivity index (χ2v) is 4.29. The number of halogens is 3. The summed E-state index contributed by atoms with van der Waals surface area (Å²) in [6.45, 7) is -1.28. The maximum absolute atomic E-state index is 12.6. The van der Waals surface area contributed by atoms with Gasteiger partial charge in [0.1, 0.15) is 0 Å². The quantitative estimate of drug-likeness (QED) is 0.786. The number of alkyl halides is 3.